The molecule has 5 heteroatoms. The molecule has 0 aromatic heterocycles. The third-order valence-corrected chi connectivity index (χ3v) is 2.60. The molecule has 2 aromatic rings. The highest BCUT2D eigenvalue weighted by molar-refractivity contribution is 7.79. The van der Waals surface area contributed by atoms with Crippen molar-refractivity contribution in [3.05, 3.63) is 71.8 Å². The number of hydrogen-bond acceptors (Lipinski definition) is 2. The van der Waals surface area contributed by atoms with Gasteiger partial charge in [-0.1, -0.05) is 67.6 Å². The number of benzene rings is 2. The summed E-state index contributed by atoms with van der Waals surface area (Å²) >= 11 is 0. The summed E-state index contributed by atoms with van der Waals surface area (Å²) in [5.41, 5.74) is 2.75. The highest BCUT2D eigenvalue weighted by atomic mass is 32.3. The average Bonchev–Trinajstić information content (AvgIpc) is 2.38. The maximum absolute atomic E-state index is 8.74. The molecule has 0 aliphatic rings. The van der Waals surface area contributed by atoms with E-state index in [-0.39, 0.29) is 0 Å². The van der Waals surface area contributed by atoms with Crippen LogP contribution in [0.1, 0.15) is 24.0 Å². The Labute approximate surface area is 113 Å². The summed E-state index contributed by atoms with van der Waals surface area (Å²) in [5.74, 6) is 0.484. The monoisotopic (exact) mass is 280 g/mol. The molecule has 0 spiro atoms. The molecule has 19 heavy (non-hydrogen) atoms. The molecule has 0 heterocycles. The van der Waals surface area contributed by atoms with Crippen LogP contribution in [0, 0.1) is 0 Å². The fraction of sp³-hybridized carbons (Fsp3) is 0.143. The van der Waals surface area contributed by atoms with Gasteiger partial charge in [-0.15, -0.1) is 0 Å². The van der Waals surface area contributed by atoms with E-state index in [4.69, 9.17) is 17.5 Å². The van der Waals surface area contributed by atoms with Gasteiger partial charge in [0, 0.05) is 5.92 Å². The van der Waals surface area contributed by atoms with Crippen molar-refractivity contribution in [3.8, 4) is 0 Å². The van der Waals surface area contributed by atoms with Crippen molar-refractivity contribution in [1.82, 2.24) is 0 Å². The predicted octanol–water partition coefficient (Wildman–Crippen LogP) is 3.19. The van der Waals surface area contributed by atoms with Gasteiger partial charge in [-0.25, -0.2) is 0 Å². The summed E-state index contributed by atoms with van der Waals surface area (Å²) in [6, 6.07) is 21.2. The third kappa shape index (κ3) is 6.71. The maximum Gasteiger partial charge on any atom is 0.394 e. The normalized spacial score (nSPS) is 10.7. The zero-order valence-electron chi connectivity index (χ0n) is 10.5. The first-order valence-corrected chi connectivity index (χ1v) is 7.07. The zero-order valence-corrected chi connectivity index (χ0v) is 11.3. The molecule has 0 radical (unpaired) electrons. The predicted molar refractivity (Wildman–Crippen MR) is 74.6 cm³/mol. The van der Waals surface area contributed by atoms with Crippen LogP contribution in [0.4, 0.5) is 0 Å². The second-order valence-corrected chi connectivity index (χ2v) is 4.89. The molecule has 0 amide bonds. The van der Waals surface area contributed by atoms with Crippen LogP contribution in [0.25, 0.3) is 0 Å². The first kappa shape index (κ1) is 15.4. The Morgan fingerprint density at radius 2 is 1.05 bits per heavy atom. The second-order valence-electron chi connectivity index (χ2n) is 3.99. The van der Waals surface area contributed by atoms with Crippen molar-refractivity contribution in [2.75, 3.05) is 0 Å². The standard InChI is InChI=1S/C14H14.H2O4S/c1-12(13-8-4-2-5-9-13)14-10-6-3-7-11-14;1-5(2,3)4/h2-12H,1H3;(H2,1,2,3,4). The Kier molecular flexibility index (Phi) is 5.69. The minimum atomic E-state index is -4.67. The van der Waals surface area contributed by atoms with Crippen molar-refractivity contribution in [3.63, 3.8) is 0 Å². The molecule has 102 valence electrons. The Hall–Kier alpha value is -1.69. The molecule has 2 aromatic carbocycles. The lowest BCUT2D eigenvalue weighted by molar-refractivity contribution is 0.381. The fourth-order valence-electron chi connectivity index (χ4n) is 1.68. The van der Waals surface area contributed by atoms with E-state index >= 15 is 0 Å². The maximum atomic E-state index is 8.74. The van der Waals surface area contributed by atoms with E-state index in [0.717, 1.165) is 0 Å². The van der Waals surface area contributed by atoms with E-state index in [1.54, 1.807) is 0 Å². The van der Waals surface area contributed by atoms with Crippen LogP contribution in [0.5, 0.6) is 0 Å². The lowest BCUT2D eigenvalue weighted by Gasteiger charge is -2.11. The minimum absolute atomic E-state index is 0.484. The van der Waals surface area contributed by atoms with Crippen LogP contribution >= 0.6 is 0 Å². The van der Waals surface area contributed by atoms with E-state index in [2.05, 4.69) is 67.6 Å². The quantitative estimate of drug-likeness (QED) is 0.828. The van der Waals surface area contributed by atoms with E-state index in [1.165, 1.54) is 11.1 Å². The highest BCUT2D eigenvalue weighted by Gasteiger charge is 2.05. The SMILES string of the molecule is CC(c1ccccc1)c1ccccc1.O=S(=O)(O)O. The van der Waals surface area contributed by atoms with Crippen molar-refractivity contribution in [2.45, 2.75) is 12.8 Å². The minimum Gasteiger partial charge on any atom is -0.264 e. The molecule has 0 atom stereocenters. The highest BCUT2D eigenvalue weighted by Crippen LogP contribution is 2.22. The van der Waals surface area contributed by atoms with Crippen LogP contribution in [-0.2, 0) is 10.4 Å². The summed E-state index contributed by atoms with van der Waals surface area (Å²) in [7, 11) is -4.67. The first-order chi connectivity index (χ1) is 8.88. The molecule has 0 aliphatic heterocycles. The Bertz CT molecular complexity index is 532. The molecule has 2 rings (SSSR count). The van der Waals surface area contributed by atoms with Gasteiger partial charge >= 0.3 is 10.4 Å². The molecule has 4 nitrogen and oxygen atoms in total. The Morgan fingerprint density at radius 1 is 0.789 bits per heavy atom. The molecule has 0 saturated heterocycles. The smallest absolute Gasteiger partial charge is 0.264 e. The first-order valence-electron chi connectivity index (χ1n) is 5.67. The largest absolute Gasteiger partial charge is 0.394 e. The fourth-order valence-corrected chi connectivity index (χ4v) is 1.68. The molecule has 0 bridgehead atoms. The van der Waals surface area contributed by atoms with Gasteiger partial charge in [-0.2, -0.15) is 8.42 Å². The molecule has 0 saturated carbocycles. The van der Waals surface area contributed by atoms with Gasteiger partial charge in [0.25, 0.3) is 0 Å². The van der Waals surface area contributed by atoms with Crippen LogP contribution in [0.2, 0.25) is 0 Å². The summed E-state index contributed by atoms with van der Waals surface area (Å²) in [6.45, 7) is 2.24. The number of hydrogen-bond donors (Lipinski definition) is 2. The van der Waals surface area contributed by atoms with Crippen molar-refractivity contribution in [1.29, 1.82) is 0 Å². The van der Waals surface area contributed by atoms with Crippen LogP contribution < -0.4 is 0 Å². The molecular weight excluding hydrogens is 264 g/mol. The summed E-state index contributed by atoms with van der Waals surface area (Å²) in [6.07, 6.45) is 0. The van der Waals surface area contributed by atoms with Gasteiger partial charge in [0.15, 0.2) is 0 Å². The van der Waals surface area contributed by atoms with Gasteiger partial charge in [0.05, 0.1) is 0 Å². The second kappa shape index (κ2) is 7.04. The van der Waals surface area contributed by atoms with Crippen molar-refractivity contribution >= 4 is 10.4 Å². The van der Waals surface area contributed by atoms with Crippen molar-refractivity contribution < 1.29 is 17.5 Å². The van der Waals surface area contributed by atoms with E-state index in [9.17, 15) is 0 Å². The van der Waals surface area contributed by atoms with Crippen molar-refractivity contribution in [2.24, 2.45) is 0 Å². The van der Waals surface area contributed by atoms with Gasteiger partial charge in [0.2, 0.25) is 0 Å². The Morgan fingerprint density at radius 3 is 1.32 bits per heavy atom. The summed E-state index contributed by atoms with van der Waals surface area (Å²) in [4.78, 5) is 0. The molecule has 0 unspecified atom stereocenters. The molecule has 0 fully saturated rings. The van der Waals surface area contributed by atoms with E-state index in [1.807, 2.05) is 0 Å². The topological polar surface area (TPSA) is 74.6 Å². The summed E-state index contributed by atoms with van der Waals surface area (Å²) in [5, 5.41) is 0. The lowest BCUT2D eigenvalue weighted by Crippen LogP contribution is -1.94. The van der Waals surface area contributed by atoms with Gasteiger partial charge in [0.1, 0.15) is 0 Å². The molecular formula is C14H16O4S. The zero-order chi connectivity index (χ0) is 14.3. The lowest BCUT2D eigenvalue weighted by atomic mass is 9.93. The van der Waals surface area contributed by atoms with E-state index < -0.39 is 10.4 Å². The Balaban J connectivity index is 0.000000312. The van der Waals surface area contributed by atoms with Gasteiger partial charge < -0.3 is 0 Å². The average molecular weight is 280 g/mol. The number of rotatable bonds is 2. The van der Waals surface area contributed by atoms with Gasteiger partial charge in [-0.05, 0) is 11.1 Å². The van der Waals surface area contributed by atoms with Crippen LogP contribution in [0.3, 0.4) is 0 Å². The molecule has 0 aliphatic carbocycles. The molecule has 2 N–H and O–H groups in total. The summed E-state index contributed by atoms with van der Waals surface area (Å²) < 4.78 is 31.6. The van der Waals surface area contributed by atoms with Crippen LogP contribution in [0.15, 0.2) is 60.7 Å². The third-order valence-electron chi connectivity index (χ3n) is 2.60. The van der Waals surface area contributed by atoms with Crippen LogP contribution in [-0.4, -0.2) is 17.5 Å². The van der Waals surface area contributed by atoms with E-state index in [0.29, 0.717) is 5.92 Å². The van der Waals surface area contributed by atoms with Gasteiger partial charge in [-0.3, -0.25) is 9.11 Å².